The monoisotopic (exact) mass is 304 g/mol. The van der Waals surface area contributed by atoms with E-state index in [4.69, 9.17) is 0 Å². The Balaban J connectivity index is 2.23. The number of nitrogens with one attached hydrogen (secondary N) is 1. The molecule has 0 fully saturated rings. The molecule has 0 aliphatic heterocycles. The van der Waals surface area contributed by atoms with Crippen LogP contribution in [0.1, 0.15) is 38.9 Å². The normalized spacial score (nSPS) is 11.9. The van der Waals surface area contributed by atoms with Gasteiger partial charge in [-0.15, -0.1) is 11.3 Å². The number of carboxylic acids is 1. The number of thiazole rings is 1. The van der Waals surface area contributed by atoms with Crippen LogP contribution in [0.5, 0.6) is 0 Å². The molecule has 0 aliphatic carbocycles. The Morgan fingerprint density at radius 1 is 1.33 bits per heavy atom. The molecule has 0 aliphatic rings. The Hall–Kier alpha value is -2.21. The lowest BCUT2D eigenvalue weighted by atomic mass is 10.1. The fourth-order valence-corrected chi connectivity index (χ4v) is 2.85. The standard InChI is InChI=1S/C15H16N2O3S/c1-3-11-16-9(2)13(21-11)14(18)17-12(15(19)20)10-7-5-4-6-8-10/h4-8,12H,3H2,1-2H3,(H,17,18)(H,19,20)/t12-/m0/s1. The summed E-state index contributed by atoms with van der Waals surface area (Å²) < 4.78 is 0. The molecule has 5 nitrogen and oxygen atoms in total. The molecule has 0 bridgehead atoms. The van der Waals surface area contributed by atoms with E-state index < -0.39 is 17.9 Å². The summed E-state index contributed by atoms with van der Waals surface area (Å²) in [6.45, 7) is 3.72. The number of benzene rings is 1. The molecule has 21 heavy (non-hydrogen) atoms. The van der Waals surface area contributed by atoms with Gasteiger partial charge in [0.1, 0.15) is 4.88 Å². The molecule has 110 valence electrons. The summed E-state index contributed by atoms with van der Waals surface area (Å²) in [6.07, 6.45) is 0.750. The van der Waals surface area contributed by atoms with E-state index in [0.29, 0.717) is 16.1 Å². The molecule has 2 N–H and O–H groups in total. The molecule has 1 heterocycles. The fraction of sp³-hybridized carbons (Fsp3) is 0.267. The summed E-state index contributed by atoms with van der Waals surface area (Å²) >= 11 is 1.30. The number of hydrogen-bond donors (Lipinski definition) is 2. The van der Waals surface area contributed by atoms with Crippen molar-refractivity contribution in [3.05, 3.63) is 51.5 Å². The highest BCUT2D eigenvalue weighted by Gasteiger charge is 2.24. The Kier molecular flexibility index (Phi) is 4.70. The van der Waals surface area contributed by atoms with Crippen LogP contribution in [0.15, 0.2) is 30.3 Å². The van der Waals surface area contributed by atoms with Gasteiger partial charge in [-0.25, -0.2) is 9.78 Å². The fourth-order valence-electron chi connectivity index (χ4n) is 1.94. The van der Waals surface area contributed by atoms with E-state index in [2.05, 4.69) is 10.3 Å². The van der Waals surface area contributed by atoms with Gasteiger partial charge in [0.2, 0.25) is 0 Å². The van der Waals surface area contributed by atoms with Crippen LogP contribution in [0.4, 0.5) is 0 Å². The van der Waals surface area contributed by atoms with Crippen molar-refractivity contribution >= 4 is 23.2 Å². The summed E-state index contributed by atoms with van der Waals surface area (Å²) in [5.41, 5.74) is 1.17. The SMILES string of the molecule is CCc1nc(C)c(C(=O)N[C@H](C(=O)O)c2ccccc2)s1. The van der Waals surface area contributed by atoms with Crippen molar-refractivity contribution in [3.8, 4) is 0 Å². The third-order valence-electron chi connectivity index (χ3n) is 3.00. The molecule has 0 saturated heterocycles. The number of carbonyl (C=O) groups excluding carboxylic acids is 1. The van der Waals surface area contributed by atoms with Crippen LogP contribution < -0.4 is 5.32 Å². The second kappa shape index (κ2) is 6.49. The minimum absolute atomic E-state index is 0.402. The zero-order chi connectivity index (χ0) is 15.4. The van der Waals surface area contributed by atoms with E-state index in [1.807, 2.05) is 6.92 Å². The minimum Gasteiger partial charge on any atom is -0.479 e. The van der Waals surface area contributed by atoms with Gasteiger partial charge in [0.25, 0.3) is 5.91 Å². The maximum absolute atomic E-state index is 12.3. The van der Waals surface area contributed by atoms with E-state index in [1.54, 1.807) is 37.3 Å². The van der Waals surface area contributed by atoms with Crippen molar-refractivity contribution in [3.63, 3.8) is 0 Å². The van der Waals surface area contributed by atoms with Crippen molar-refractivity contribution in [2.75, 3.05) is 0 Å². The zero-order valence-electron chi connectivity index (χ0n) is 11.8. The number of rotatable bonds is 5. The molecule has 0 saturated carbocycles. The predicted molar refractivity (Wildman–Crippen MR) is 80.5 cm³/mol. The van der Waals surface area contributed by atoms with E-state index in [9.17, 15) is 14.7 Å². The maximum Gasteiger partial charge on any atom is 0.330 e. The lowest BCUT2D eigenvalue weighted by Crippen LogP contribution is -2.33. The molecule has 0 spiro atoms. The number of aliphatic carboxylic acids is 1. The second-order valence-electron chi connectivity index (χ2n) is 4.53. The highest BCUT2D eigenvalue weighted by Crippen LogP contribution is 2.20. The Morgan fingerprint density at radius 3 is 2.52 bits per heavy atom. The molecule has 6 heteroatoms. The van der Waals surface area contributed by atoms with Crippen LogP contribution in [0, 0.1) is 6.92 Å². The first-order valence-electron chi connectivity index (χ1n) is 6.57. The largest absolute Gasteiger partial charge is 0.479 e. The van der Waals surface area contributed by atoms with Gasteiger partial charge in [0, 0.05) is 0 Å². The highest BCUT2D eigenvalue weighted by molar-refractivity contribution is 7.13. The third-order valence-corrected chi connectivity index (χ3v) is 4.31. The van der Waals surface area contributed by atoms with Gasteiger partial charge in [-0.3, -0.25) is 4.79 Å². The number of aromatic nitrogens is 1. The van der Waals surface area contributed by atoms with Crippen LogP contribution in [0.2, 0.25) is 0 Å². The Labute approximate surface area is 126 Å². The van der Waals surface area contributed by atoms with Crippen LogP contribution in [0.25, 0.3) is 0 Å². The van der Waals surface area contributed by atoms with Crippen LogP contribution >= 0.6 is 11.3 Å². The van der Waals surface area contributed by atoms with Crippen LogP contribution in [-0.4, -0.2) is 22.0 Å². The van der Waals surface area contributed by atoms with Gasteiger partial charge in [-0.2, -0.15) is 0 Å². The molecule has 1 aromatic carbocycles. The minimum atomic E-state index is -1.09. The molecule has 0 radical (unpaired) electrons. The van der Waals surface area contributed by atoms with Crippen molar-refractivity contribution < 1.29 is 14.7 Å². The van der Waals surface area contributed by atoms with Crippen LogP contribution in [0.3, 0.4) is 0 Å². The first kappa shape index (κ1) is 15.2. The van der Waals surface area contributed by atoms with Crippen molar-refractivity contribution in [2.24, 2.45) is 0 Å². The number of hydrogen-bond acceptors (Lipinski definition) is 4. The lowest BCUT2D eigenvalue weighted by molar-refractivity contribution is -0.139. The summed E-state index contributed by atoms with van der Waals surface area (Å²) in [6, 6.07) is 7.57. The molecule has 2 rings (SSSR count). The first-order chi connectivity index (χ1) is 10.0. The lowest BCUT2D eigenvalue weighted by Gasteiger charge is -2.14. The average molecular weight is 304 g/mol. The number of aryl methyl sites for hydroxylation is 2. The Bertz CT molecular complexity index is 652. The van der Waals surface area contributed by atoms with E-state index in [-0.39, 0.29) is 0 Å². The molecule has 1 atom stereocenters. The molecule has 1 aromatic heterocycles. The molecular formula is C15H16N2O3S. The number of amides is 1. The highest BCUT2D eigenvalue weighted by atomic mass is 32.1. The predicted octanol–water partition coefficient (Wildman–Crippen LogP) is 2.57. The van der Waals surface area contributed by atoms with E-state index >= 15 is 0 Å². The maximum atomic E-state index is 12.3. The van der Waals surface area contributed by atoms with Gasteiger partial charge in [0.15, 0.2) is 6.04 Å². The number of nitrogens with zero attached hydrogens (tertiary/aromatic N) is 1. The summed E-state index contributed by atoms with van der Waals surface area (Å²) in [5.74, 6) is -1.49. The Morgan fingerprint density at radius 2 is 2.00 bits per heavy atom. The summed E-state index contributed by atoms with van der Waals surface area (Å²) in [4.78, 5) is 28.4. The molecule has 0 unspecified atom stereocenters. The van der Waals surface area contributed by atoms with E-state index in [0.717, 1.165) is 11.4 Å². The van der Waals surface area contributed by atoms with Gasteiger partial charge in [0.05, 0.1) is 10.7 Å². The van der Waals surface area contributed by atoms with Gasteiger partial charge in [-0.1, -0.05) is 37.3 Å². The van der Waals surface area contributed by atoms with Crippen LogP contribution in [-0.2, 0) is 11.2 Å². The van der Waals surface area contributed by atoms with Crippen molar-refractivity contribution in [1.29, 1.82) is 0 Å². The number of carbonyl (C=O) groups is 2. The van der Waals surface area contributed by atoms with Gasteiger partial charge >= 0.3 is 5.97 Å². The van der Waals surface area contributed by atoms with Gasteiger partial charge in [-0.05, 0) is 18.9 Å². The quantitative estimate of drug-likeness (QED) is 0.889. The third kappa shape index (κ3) is 3.46. The average Bonchev–Trinajstić information content (AvgIpc) is 2.86. The summed E-state index contributed by atoms with van der Waals surface area (Å²) in [7, 11) is 0. The topological polar surface area (TPSA) is 79.3 Å². The zero-order valence-corrected chi connectivity index (χ0v) is 12.6. The smallest absolute Gasteiger partial charge is 0.330 e. The first-order valence-corrected chi connectivity index (χ1v) is 7.39. The van der Waals surface area contributed by atoms with Crippen molar-refractivity contribution in [1.82, 2.24) is 10.3 Å². The molecule has 2 aromatic rings. The summed E-state index contributed by atoms with van der Waals surface area (Å²) in [5, 5.41) is 12.7. The molecule has 1 amide bonds. The van der Waals surface area contributed by atoms with E-state index in [1.165, 1.54) is 11.3 Å². The van der Waals surface area contributed by atoms with Crippen molar-refractivity contribution in [2.45, 2.75) is 26.3 Å². The molecular weight excluding hydrogens is 288 g/mol. The second-order valence-corrected chi connectivity index (χ2v) is 5.61. The number of carboxylic acid groups (broad SMARTS) is 1. The van der Waals surface area contributed by atoms with Gasteiger partial charge < -0.3 is 10.4 Å².